The molecule has 1 aromatic carbocycles. The molecule has 0 radical (unpaired) electrons. The second kappa shape index (κ2) is 4.44. The number of rotatable bonds is 3. The van der Waals surface area contributed by atoms with Crippen LogP contribution in [0.1, 0.15) is 24.1 Å². The van der Waals surface area contributed by atoms with E-state index in [1.807, 2.05) is 38.1 Å². The van der Waals surface area contributed by atoms with Crippen LogP contribution in [0, 0.1) is 0 Å². The molecule has 0 saturated carbocycles. The Hall–Kier alpha value is -1.06. The van der Waals surface area contributed by atoms with Crippen molar-refractivity contribution in [2.24, 2.45) is 5.73 Å². The smallest absolute Gasteiger partial charge is 0.120 e. The average Bonchev–Trinajstić information content (AvgIpc) is 2.07. The van der Waals surface area contributed by atoms with Gasteiger partial charge in [-0.1, -0.05) is 6.07 Å². The third-order valence-corrected chi connectivity index (χ3v) is 2.12. The van der Waals surface area contributed by atoms with E-state index in [0.717, 1.165) is 17.7 Å². The summed E-state index contributed by atoms with van der Waals surface area (Å²) in [7, 11) is 3.94. The van der Waals surface area contributed by atoms with Crippen LogP contribution in [0.5, 0.6) is 5.75 Å². The molecule has 0 fully saturated rings. The number of hydrogen-bond acceptors (Lipinski definition) is 3. The molecule has 14 heavy (non-hydrogen) atoms. The molecule has 1 atom stereocenters. The quantitative estimate of drug-likeness (QED) is 0.766. The van der Waals surface area contributed by atoms with Gasteiger partial charge in [0.25, 0.3) is 0 Å². The van der Waals surface area contributed by atoms with Crippen LogP contribution in [-0.4, -0.2) is 24.1 Å². The fraction of sp³-hybridized carbons (Fsp3) is 0.455. The molecule has 0 bridgehead atoms. The molecule has 0 aliphatic rings. The summed E-state index contributed by atoms with van der Waals surface area (Å²) in [6.07, 6.45) is 0. The number of benzene rings is 1. The Labute approximate surface area is 85.2 Å². The van der Waals surface area contributed by atoms with E-state index in [2.05, 4.69) is 0 Å². The number of nitrogens with two attached hydrogens (primary N) is 1. The van der Waals surface area contributed by atoms with Crippen LogP contribution in [0.15, 0.2) is 18.2 Å². The summed E-state index contributed by atoms with van der Waals surface area (Å²) in [5, 5.41) is 9.60. The molecule has 1 unspecified atom stereocenters. The fourth-order valence-electron chi connectivity index (χ4n) is 1.36. The summed E-state index contributed by atoms with van der Waals surface area (Å²) in [4.78, 5) is 2.01. The molecule has 0 aliphatic carbocycles. The second-order valence-electron chi connectivity index (χ2n) is 3.91. The van der Waals surface area contributed by atoms with Gasteiger partial charge in [0.2, 0.25) is 0 Å². The maximum Gasteiger partial charge on any atom is 0.120 e. The summed E-state index contributed by atoms with van der Waals surface area (Å²) in [6, 6.07) is 5.54. The minimum atomic E-state index is 0.0107. The molecule has 0 saturated heterocycles. The van der Waals surface area contributed by atoms with E-state index in [1.54, 1.807) is 6.07 Å². The van der Waals surface area contributed by atoms with Gasteiger partial charge in [-0.2, -0.15) is 0 Å². The first kappa shape index (κ1) is 11.0. The van der Waals surface area contributed by atoms with Crippen molar-refractivity contribution in [2.45, 2.75) is 19.5 Å². The predicted molar refractivity (Wildman–Crippen MR) is 58.1 cm³/mol. The van der Waals surface area contributed by atoms with Gasteiger partial charge in [-0.25, -0.2) is 0 Å². The van der Waals surface area contributed by atoms with E-state index >= 15 is 0 Å². The van der Waals surface area contributed by atoms with Crippen molar-refractivity contribution < 1.29 is 5.11 Å². The van der Waals surface area contributed by atoms with Crippen molar-refractivity contribution in [2.75, 3.05) is 14.1 Å². The minimum Gasteiger partial charge on any atom is -0.508 e. The lowest BCUT2D eigenvalue weighted by molar-refractivity contribution is 0.385. The van der Waals surface area contributed by atoms with Crippen molar-refractivity contribution >= 4 is 0 Å². The topological polar surface area (TPSA) is 49.5 Å². The van der Waals surface area contributed by atoms with Crippen LogP contribution < -0.4 is 5.73 Å². The van der Waals surface area contributed by atoms with E-state index in [9.17, 15) is 5.11 Å². The summed E-state index contributed by atoms with van der Waals surface area (Å²) < 4.78 is 0. The third kappa shape index (κ3) is 2.72. The lowest BCUT2D eigenvalue weighted by Gasteiger charge is -2.13. The largest absolute Gasteiger partial charge is 0.508 e. The number of phenolic OH excluding ortho intramolecular Hbond substituents is 1. The molecule has 1 rings (SSSR count). The van der Waals surface area contributed by atoms with E-state index < -0.39 is 0 Å². The number of nitrogens with zero attached hydrogens (tertiary/aromatic N) is 1. The Morgan fingerprint density at radius 2 is 2.07 bits per heavy atom. The van der Waals surface area contributed by atoms with Gasteiger partial charge >= 0.3 is 0 Å². The van der Waals surface area contributed by atoms with Crippen LogP contribution in [0.4, 0.5) is 0 Å². The molecule has 3 heteroatoms. The molecule has 0 aromatic heterocycles. The first-order valence-electron chi connectivity index (χ1n) is 4.73. The summed E-state index contributed by atoms with van der Waals surface area (Å²) in [5.74, 6) is 0.336. The van der Waals surface area contributed by atoms with Crippen molar-refractivity contribution in [3.8, 4) is 5.75 Å². The Balaban J connectivity index is 2.96. The maximum absolute atomic E-state index is 9.60. The highest BCUT2D eigenvalue weighted by atomic mass is 16.3. The summed E-state index contributed by atoms with van der Waals surface area (Å²) in [6.45, 7) is 2.66. The van der Waals surface area contributed by atoms with Gasteiger partial charge in [0.15, 0.2) is 0 Å². The van der Waals surface area contributed by atoms with Crippen LogP contribution in [-0.2, 0) is 6.54 Å². The van der Waals surface area contributed by atoms with Gasteiger partial charge in [0.1, 0.15) is 5.75 Å². The molecule has 0 amide bonds. The minimum absolute atomic E-state index is 0.0107. The van der Waals surface area contributed by atoms with E-state index in [1.165, 1.54) is 0 Å². The van der Waals surface area contributed by atoms with Crippen LogP contribution in [0.2, 0.25) is 0 Å². The van der Waals surface area contributed by atoms with Gasteiger partial charge < -0.3 is 15.7 Å². The van der Waals surface area contributed by atoms with E-state index in [-0.39, 0.29) is 6.04 Å². The maximum atomic E-state index is 9.60. The van der Waals surface area contributed by atoms with Crippen molar-refractivity contribution in [1.29, 1.82) is 0 Å². The second-order valence-corrected chi connectivity index (χ2v) is 3.91. The molecule has 78 valence electrons. The van der Waals surface area contributed by atoms with Gasteiger partial charge in [0, 0.05) is 18.2 Å². The Bertz CT molecular complexity index is 308. The Morgan fingerprint density at radius 3 is 2.57 bits per heavy atom. The van der Waals surface area contributed by atoms with E-state index in [4.69, 9.17) is 5.73 Å². The molecule has 3 nitrogen and oxygen atoms in total. The van der Waals surface area contributed by atoms with Crippen molar-refractivity contribution in [3.05, 3.63) is 29.3 Å². The predicted octanol–water partition coefficient (Wildman–Crippen LogP) is 1.47. The highest BCUT2D eigenvalue weighted by Crippen LogP contribution is 2.22. The van der Waals surface area contributed by atoms with Gasteiger partial charge in [-0.3, -0.25) is 0 Å². The van der Waals surface area contributed by atoms with Gasteiger partial charge in [-0.05, 0) is 38.7 Å². The van der Waals surface area contributed by atoms with Crippen LogP contribution in [0.3, 0.4) is 0 Å². The molecule has 3 N–H and O–H groups in total. The third-order valence-electron chi connectivity index (χ3n) is 2.12. The summed E-state index contributed by atoms with van der Waals surface area (Å²) in [5.41, 5.74) is 7.74. The zero-order valence-corrected chi connectivity index (χ0v) is 8.99. The first-order chi connectivity index (χ1) is 6.50. The van der Waals surface area contributed by atoms with Crippen molar-refractivity contribution in [3.63, 3.8) is 0 Å². The van der Waals surface area contributed by atoms with Crippen LogP contribution in [0.25, 0.3) is 0 Å². The van der Waals surface area contributed by atoms with Crippen molar-refractivity contribution in [1.82, 2.24) is 4.90 Å². The molecular formula is C11H18N2O. The average molecular weight is 194 g/mol. The van der Waals surface area contributed by atoms with Gasteiger partial charge in [-0.15, -0.1) is 0 Å². The molecule has 0 heterocycles. The first-order valence-corrected chi connectivity index (χ1v) is 4.73. The Kier molecular flexibility index (Phi) is 3.49. The normalized spacial score (nSPS) is 13.2. The molecule has 1 aromatic rings. The molecular weight excluding hydrogens is 176 g/mol. The number of phenols is 1. The lowest BCUT2D eigenvalue weighted by atomic mass is 10.0. The molecule has 0 aliphatic heterocycles. The van der Waals surface area contributed by atoms with E-state index in [0.29, 0.717) is 5.75 Å². The SMILES string of the molecule is CC(N)c1ccc(O)c(CN(C)C)c1. The zero-order chi connectivity index (χ0) is 10.7. The zero-order valence-electron chi connectivity index (χ0n) is 8.99. The highest BCUT2D eigenvalue weighted by Gasteiger charge is 2.06. The fourth-order valence-corrected chi connectivity index (χ4v) is 1.36. The van der Waals surface area contributed by atoms with Crippen LogP contribution >= 0.6 is 0 Å². The lowest BCUT2D eigenvalue weighted by Crippen LogP contribution is -2.12. The number of hydrogen-bond donors (Lipinski definition) is 2. The highest BCUT2D eigenvalue weighted by molar-refractivity contribution is 5.37. The standard InChI is InChI=1S/C11H18N2O/c1-8(12)9-4-5-11(14)10(6-9)7-13(2)3/h4-6,8,14H,7,12H2,1-3H3. The Morgan fingerprint density at radius 1 is 1.43 bits per heavy atom. The molecule has 0 spiro atoms. The number of aromatic hydroxyl groups is 1. The monoisotopic (exact) mass is 194 g/mol. The summed E-state index contributed by atoms with van der Waals surface area (Å²) >= 11 is 0. The van der Waals surface area contributed by atoms with Gasteiger partial charge in [0.05, 0.1) is 0 Å².